The largest absolute Gasteiger partial charge is 0.497 e. The van der Waals surface area contributed by atoms with Gasteiger partial charge in [-0.1, -0.05) is 6.92 Å². The highest BCUT2D eigenvalue weighted by atomic mass is 16.6. The summed E-state index contributed by atoms with van der Waals surface area (Å²) in [4.78, 5) is 15.7. The highest BCUT2D eigenvalue weighted by Crippen LogP contribution is 2.67. The fourth-order valence-electron chi connectivity index (χ4n) is 6.80. The number of nitrogens with zero attached hydrogens (tertiary/aromatic N) is 2. The second-order valence-corrected chi connectivity index (χ2v) is 8.88. The number of hydrogen-bond donors (Lipinski definition) is 1. The van der Waals surface area contributed by atoms with E-state index in [1.807, 2.05) is 12.1 Å². The maximum Gasteiger partial charge on any atom is 0.360 e. The second-order valence-electron chi connectivity index (χ2n) is 8.88. The number of fused-ring (bicyclic) bond motifs is 5. The van der Waals surface area contributed by atoms with Gasteiger partial charge in [0.1, 0.15) is 5.75 Å². The first-order valence-corrected chi connectivity index (χ1v) is 10.4. The molecule has 4 aliphatic rings. The van der Waals surface area contributed by atoms with Gasteiger partial charge in [0.15, 0.2) is 0 Å². The molecule has 7 nitrogen and oxygen atoms in total. The molecular formula is C22H26N2O5. The van der Waals surface area contributed by atoms with Crippen molar-refractivity contribution >= 4 is 16.9 Å². The number of esters is 1. The van der Waals surface area contributed by atoms with E-state index in [0.29, 0.717) is 13.0 Å². The molecule has 4 aliphatic heterocycles. The Labute approximate surface area is 169 Å². The zero-order valence-corrected chi connectivity index (χ0v) is 17.0. The van der Waals surface area contributed by atoms with Gasteiger partial charge in [-0.2, -0.15) is 0 Å². The van der Waals surface area contributed by atoms with Crippen molar-refractivity contribution in [2.24, 2.45) is 5.41 Å². The molecule has 154 valence electrons. The predicted molar refractivity (Wildman–Crippen MR) is 105 cm³/mol. The molecule has 0 unspecified atom stereocenters. The Morgan fingerprint density at radius 1 is 1.38 bits per heavy atom. The Morgan fingerprint density at radius 3 is 2.93 bits per heavy atom. The maximum atomic E-state index is 13.3. The van der Waals surface area contributed by atoms with Crippen molar-refractivity contribution in [1.29, 1.82) is 0 Å². The van der Waals surface area contributed by atoms with Crippen LogP contribution in [-0.4, -0.2) is 60.1 Å². The highest BCUT2D eigenvalue weighted by Gasteiger charge is 2.72. The lowest BCUT2D eigenvalue weighted by atomic mass is 9.62. The Morgan fingerprint density at radius 2 is 2.21 bits per heavy atom. The molecule has 0 amide bonds. The van der Waals surface area contributed by atoms with E-state index in [1.54, 1.807) is 7.11 Å². The van der Waals surface area contributed by atoms with Crippen LogP contribution >= 0.6 is 0 Å². The summed E-state index contributed by atoms with van der Waals surface area (Å²) < 4.78 is 19.4. The maximum absolute atomic E-state index is 13.3. The van der Waals surface area contributed by atoms with E-state index in [4.69, 9.17) is 14.2 Å². The first kappa shape index (κ1) is 17.7. The van der Waals surface area contributed by atoms with Crippen LogP contribution in [-0.2, 0) is 26.4 Å². The van der Waals surface area contributed by atoms with E-state index in [2.05, 4.69) is 22.5 Å². The van der Waals surface area contributed by atoms with Crippen molar-refractivity contribution in [3.63, 3.8) is 0 Å². The summed E-state index contributed by atoms with van der Waals surface area (Å²) in [5.74, 6) is 0.346. The molecule has 0 spiro atoms. The Balaban J connectivity index is 1.75. The first-order chi connectivity index (χ1) is 14.0. The Hall–Kier alpha value is -2.09. The van der Waals surface area contributed by atoms with Crippen LogP contribution in [0.5, 0.6) is 5.75 Å². The van der Waals surface area contributed by atoms with E-state index in [-0.39, 0.29) is 17.6 Å². The number of ether oxygens (including phenoxy) is 3. The molecule has 2 saturated heterocycles. The van der Waals surface area contributed by atoms with Gasteiger partial charge in [-0.15, -0.1) is 0 Å². The molecule has 1 N–H and O–H groups in total. The lowest BCUT2D eigenvalue weighted by Crippen LogP contribution is -2.61. The standard InChI is InChI=1S/C22H26N2O5/c1-4-21-11-22(20(26)28-3)24-15-9-12(27-2)5-6-13(15)14-7-8-23(18(21)17(14)24)10-16(25)19(21)29-22/h5-6,9,16,18-19,25H,4,7-8,10-11H2,1-3H3/t16-,18-,19-,21-,22-/m0/s1. The van der Waals surface area contributed by atoms with Crippen molar-refractivity contribution < 1.29 is 24.1 Å². The minimum atomic E-state index is -1.25. The van der Waals surface area contributed by atoms with E-state index < -0.39 is 17.8 Å². The topological polar surface area (TPSA) is 73.2 Å². The number of carbonyl (C=O) groups excluding carboxylic acids is 1. The van der Waals surface area contributed by atoms with Crippen LogP contribution < -0.4 is 4.74 Å². The third-order valence-electron chi connectivity index (χ3n) is 7.89. The van der Waals surface area contributed by atoms with Gasteiger partial charge < -0.3 is 23.9 Å². The molecule has 0 radical (unpaired) electrons. The summed E-state index contributed by atoms with van der Waals surface area (Å²) in [5, 5.41) is 12.1. The number of aliphatic hydroxyl groups is 1. The minimum absolute atomic E-state index is 0.128. The van der Waals surface area contributed by atoms with Gasteiger partial charge in [-0.25, -0.2) is 4.79 Å². The highest BCUT2D eigenvalue weighted by molar-refractivity contribution is 5.91. The molecule has 1 aromatic carbocycles. The SMILES string of the molecule is CC[C@@]12C[C@@]3(C(=O)OC)O[C@H]1[C@@H](O)CN1CCc4c(n3c3cc(OC)ccc43)[C@H]12. The smallest absolute Gasteiger partial charge is 0.360 e. The molecule has 0 saturated carbocycles. The first-order valence-electron chi connectivity index (χ1n) is 10.4. The number of hydrogen-bond acceptors (Lipinski definition) is 6. The molecular weight excluding hydrogens is 372 g/mol. The van der Waals surface area contributed by atoms with Gasteiger partial charge in [0.05, 0.1) is 38.0 Å². The van der Waals surface area contributed by atoms with Crippen LogP contribution in [0.3, 0.4) is 0 Å². The van der Waals surface area contributed by atoms with Crippen molar-refractivity contribution in [3.8, 4) is 5.75 Å². The van der Waals surface area contributed by atoms with E-state index in [9.17, 15) is 9.90 Å². The number of aliphatic hydroxyl groups excluding tert-OH is 1. The van der Waals surface area contributed by atoms with Crippen LogP contribution in [0.15, 0.2) is 18.2 Å². The normalized spacial score (nSPS) is 37.0. The second kappa shape index (κ2) is 5.53. The van der Waals surface area contributed by atoms with Crippen molar-refractivity contribution in [1.82, 2.24) is 9.47 Å². The van der Waals surface area contributed by atoms with E-state index >= 15 is 0 Å². The summed E-state index contributed by atoms with van der Waals surface area (Å²) >= 11 is 0. The summed E-state index contributed by atoms with van der Waals surface area (Å²) in [5.41, 5.74) is 1.82. The van der Waals surface area contributed by atoms with Gasteiger partial charge in [0, 0.05) is 42.1 Å². The summed E-state index contributed by atoms with van der Waals surface area (Å²) in [6, 6.07) is 6.19. The van der Waals surface area contributed by atoms with Gasteiger partial charge in [0.25, 0.3) is 0 Å². The van der Waals surface area contributed by atoms with Crippen LogP contribution in [0, 0.1) is 5.41 Å². The number of rotatable bonds is 3. The summed E-state index contributed by atoms with van der Waals surface area (Å²) in [6.45, 7) is 3.62. The fraction of sp³-hybridized carbons (Fsp3) is 0.591. The molecule has 2 fully saturated rings. The van der Waals surface area contributed by atoms with Crippen LogP contribution in [0.1, 0.15) is 37.1 Å². The average Bonchev–Trinajstić information content (AvgIpc) is 3.25. The summed E-state index contributed by atoms with van der Waals surface area (Å²) in [7, 11) is 3.06. The number of piperidine rings is 1. The molecule has 1 aromatic heterocycles. The zero-order chi connectivity index (χ0) is 20.1. The van der Waals surface area contributed by atoms with Gasteiger partial charge in [-0.05, 0) is 30.5 Å². The van der Waals surface area contributed by atoms with E-state index in [1.165, 1.54) is 12.7 Å². The van der Waals surface area contributed by atoms with Gasteiger partial charge >= 0.3 is 5.97 Å². The van der Waals surface area contributed by atoms with Crippen LogP contribution in [0.4, 0.5) is 0 Å². The number of aromatic nitrogens is 1. The lowest BCUT2D eigenvalue weighted by molar-refractivity contribution is -0.191. The minimum Gasteiger partial charge on any atom is -0.497 e. The Kier molecular flexibility index (Phi) is 3.38. The molecule has 5 atom stereocenters. The zero-order valence-electron chi connectivity index (χ0n) is 17.0. The molecule has 2 aromatic rings. The fourth-order valence-corrected chi connectivity index (χ4v) is 6.80. The molecule has 6 rings (SSSR count). The number of benzene rings is 1. The number of carbonyl (C=O) groups is 1. The van der Waals surface area contributed by atoms with Crippen LogP contribution in [0.25, 0.3) is 10.9 Å². The van der Waals surface area contributed by atoms with Gasteiger partial charge in [-0.3, -0.25) is 4.90 Å². The predicted octanol–water partition coefficient (Wildman–Crippen LogP) is 1.95. The van der Waals surface area contributed by atoms with Gasteiger partial charge in [0.2, 0.25) is 5.72 Å². The van der Waals surface area contributed by atoms with Crippen molar-refractivity contribution in [3.05, 3.63) is 29.5 Å². The average molecular weight is 398 g/mol. The quantitative estimate of drug-likeness (QED) is 0.797. The van der Waals surface area contributed by atoms with Crippen molar-refractivity contribution in [2.45, 2.75) is 50.2 Å². The third kappa shape index (κ3) is 1.83. The Bertz CT molecular complexity index is 1050. The molecule has 29 heavy (non-hydrogen) atoms. The third-order valence-corrected chi connectivity index (χ3v) is 7.89. The molecule has 7 heteroatoms. The van der Waals surface area contributed by atoms with Crippen LogP contribution in [0.2, 0.25) is 0 Å². The van der Waals surface area contributed by atoms with E-state index in [0.717, 1.165) is 41.7 Å². The molecule has 0 aliphatic carbocycles. The number of methoxy groups -OCH3 is 2. The molecule has 2 bridgehead atoms. The lowest BCUT2D eigenvalue weighted by Gasteiger charge is -2.55. The van der Waals surface area contributed by atoms with Crippen molar-refractivity contribution in [2.75, 3.05) is 27.3 Å². The monoisotopic (exact) mass is 398 g/mol. The molecule has 5 heterocycles. The summed E-state index contributed by atoms with van der Waals surface area (Å²) in [6.07, 6.45) is 1.22.